The van der Waals surface area contributed by atoms with Crippen molar-refractivity contribution in [3.8, 4) is 0 Å². The van der Waals surface area contributed by atoms with Gasteiger partial charge in [0, 0.05) is 22.7 Å². The number of amides is 1. The van der Waals surface area contributed by atoms with E-state index in [0.717, 1.165) is 0 Å². The number of halogens is 1. The molecule has 118 valence electrons. The lowest BCUT2D eigenvalue weighted by molar-refractivity contribution is -0.116. The molecule has 1 aromatic carbocycles. The van der Waals surface area contributed by atoms with Crippen molar-refractivity contribution in [2.45, 2.75) is 19.8 Å². The number of aromatic amines is 1. The van der Waals surface area contributed by atoms with Crippen LogP contribution in [0.15, 0.2) is 35.4 Å². The maximum absolute atomic E-state index is 12.3. The Hall–Kier alpha value is -2.67. The molecule has 0 atom stereocenters. The number of anilines is 1. The molecule has 2 N–H and O–H groups in total. The number of carbonyl (C=O) groups excluding carboxylic acids is 1. The van der Waals surface area contributed by atoms with Crippen LogP contribution in [-0.2, 0) is 11.2 Å². The Bertz CT molecular complexity index is 914. The molecular weight excluding hydrogens is 318 g/mol. The van der Waals surface area contributed by atoms with Gasteiger partial charge in [-0.3, -0.25) is 14.7 Å². The summed E-state index contributed by atoms with van der Waals surface area (Å²) in [6.45, 7) is 1.74. The summed E-state index contributed by atoms with van der Waals surface area (Å²) in [5, 5.41) is 6.07. The minimum Gasteiger partial charge on any atom is -0.326 e. The molecule has 0 unspecified atom stereocenters. The van der Waals surface area contributed by atoms with E-state index in [9.17, 15) is 9.59 Å². The Morgan fingerprint density at radius 1 is 1.35 bits per heavy atom. The van der Waals surface area contributed by atoms with Gasteiger partial charge < -0.3 is 5.32 Å². The molecule has 0 saturated heterocycles. The highest BCUT2D eigenvalue weighted by atomic mass is 35.5. The van der Waals surface area contributed by atoms with E-state index in [1.54, 1.807) is 31.2 Å². The molecule has 0 bridgehead atoms. The zero-order valence-corrected chi connectivity index (χ0v) is 13.1. The molecule has 0 saturated carbocycles. The van der Waals surface area contributed by atoms with Gasteiger partial charge in [0.05, 0.1) is 5.69 Å². The number of carbonyl (C=O) groups is 1. The van der Waals surface area contributed by atoms with E-state index >= 15 is 0 Å². The third-order valence-corrected chi connectivity index (χ3v) is 3.71. The standard InChI is InChI=1S/C15H14ClN5O2/c1-9-12(14(23)21-15(19-9)17-8-18-21)6-7-13(22)20-11-4-2-10(16)3-5-11/h2-5,8H,6-7H2,1H3,(H,20,22)(H,17,18,19). The van der Waals surface area contributed by atoms with Gasteiger partial charge in [0.25, 0.3) is 11.3 Å². The molecule has 2 heterocycles. The third kappa shape index (κ3) is 3.24. The van der Waals surface area contributed by atoms with Crippen LogP contribution >= 0.6 is 11.6 Å². The van der Waals surface area contributed by atoms with E-state index in [1.807, 2.05) is 0 Å². The first-order valence-corrected chi connectivity index (χ1v) is 7.39. The Morgan fingerprint density at radius 3 is 2.83 bits per heavy atom. The van der Waals surface area contributed by atoms with Crippen LogP contribution in [0.2, 0.25) is 5.02 Å². The van der Waals surface area contributed by atoms with Gasteiger partial charge in [0.15, 0.2) is 0 Å². The first-order valence-electron chi connectivity index (χ1n) is 7.01. The highest BCUT2D eigenvalue weighted by Gasteiger charge is 2.13. The summed E-state index contributed by atoms with van der Waals surface area (Å²) in [6.07, 6.45) is 1.89. The second-order valence-electron chi connectivity index (χ2n) is 5.06. The number of nitrogens with one attached hydrogen (secondary N) is 2. The van der Waals surface area contributed by atoms with E-state index in [-0.39, 0.29) is 17.9 Å². The highest BCUT2D eigenvalue weighted by molar-refractivity contribution is 6.30. The first kappa shape index (κ1) is 15.2. The van der Waals surface area contributed by atoms with Crippen LogP contribution in [0.25, 0.3) is 5.78 Å². The van der Waals surface area contributed by atoms with Crippen LogP contribution in [0, 0.1) is 6.92 Å². The smallest absolute Gasteiger partial charge is 0.277 e. The van der Waals surface area contributed by atoms with E-state index < -0.39 is 0 Å². The van der Waals surface area contributed by atoms with Gasteiger partial charge in [0.1, 0.15) is 6.33 Å². The zero-order chi connectivity index (χ0) is 16.4. The number of benzene rings is 1. The van der Waals surface area contributed by atoms with E-state index in [1.165, 1.54) is 10.8 Å². The molecule has 8 heteroatoms. The maximum atomic E-state index is 12.3. The van der Waals surface area contributed by atoms with Crippen molar-refractivity contribution in [3.05, 3.63) is 57.2 Å². The minimum absolute atomic E-state index is 0.180. The molecule has 3 aromatic rings. The molecule has 23 heavy (non-hydrogen) atoms. The van der Waals surface area contributed by atoms with Gasteiger partial charge in [0.2, 0.25) is 5.91 Å². The van der Waals surface area contributed by atoms with Gasteiger partial charge in [-0.05, 0) is 37.6 Å². The molecule has 0 aliphatic carbocycles. The molecule has 0 aliphatic rings. The van der Waals surface area contributed by atoms with Crippen molar-refractivity contribution in [3.63, 3.8) is 0 Å². The summed E-state index contributed by atoms with van der Waals surface area (Å²) < 4.78 is 1.26. The Balaban J connectivity index is 1.71. The van der Waals surface area contributed by atoms with Gasteiger partial charge in [-0.2, -0.15) is 4.52 Å². The molecule has 7 nitrogen and oxygen atoms in total. The van der Waals surface area contributed by atoms with E-state index in [2.05, 4.69) is 20.4 Å². The monoisotopic (exact) mass is 331 g/mol. The summed E-state index contributed by atoms with van der Waals surface area (Å²) in [5.41, 5.74) is 1.51. The van der Waals surface area contributed by atoms with Crippen molar-refractivity contribution in [1.82, 2.24) is 19.6 Å². The molecular formula is C15H14ClN5O2. The van der Waals surface area contributed by atoms with Crippen molar-refractivity contribution in [2.75, 3.05) is 5.32 Å². The summed E-state index contributed by atoms with van der Waals surface area (Å²) in [4.78, 5) is 32.5. The first-order chi connectivity index (χ1) is 11.0. The molecule has 1 amide bonds. The van der Waals surface area contributed by atoms with Crippen molar-refractivity contribution in [1.29, 1.82) is 0 Å². The summed E-state index contributed by atoms with van der Waals surface area (Å²) in [6, 6.07) is 6.84. The van der Waals surface area contributed by atoms with Gasteiger partial charge >= 0.3 is 0 Å². The summed E-state index contributed by atoms with van der Waals surface area (Å²) in [7, 11) is 0. The Kier molecular flexibility index (Phi) is 4.12. The average Bonchev–Trinajstić information content (AvgIpc) is 2.98. The van der Waals surface area contributed by atoms with Crippen LogP contribution in [-0.4, -0.2) is 25.5 Å². The predicted octanol–water partition coefficient (Wildman–Crippen LogP) is 1.95. The SMILES string of the molecule is Cc1nc2nc[nH]n2c(=O)c1CCC(=O)Nc1ccc(Cl)cc1. The fourth-order valence-corrected chi connectivity index (χ4v) is 2.40. The lowest BCUT2D eigenvalue weighted by Crippen LogP contribution is -2.23. The number of H-pyrrole nitrogens is 1. The summed E-state index contributed by atoms with van der Waals surface area (Å²) >= 11 is 5.80. The second-order valence-corrected chi connectivity index (χ2v) is 5.50. The van der Waals surface area contributed by atoms with Crippen molar-refractivity contribution < 1.29 is 4.79 Å². The number of fused-ring (bicyclic) bond motifs is 1. The van der Waals surface area contributed by atoms with Crippen LogP contribution in [0.5, 0.6) is 0 Å². The lowest BCUT2D eigenvalue weighted by Gasteiger charge is -2.07. The van der Waals surface area contributed by atoms with E-state index in [0.29, 0.717) is 34.2 Å². The number of aryl methyl sites for hydroxylation is 1. The van der Waals surface area contributed by atoms with Gasteiger partial charge in [-0.1, -0.05) is 11.6 Å². The largest absolute Gasteiger partial charge is 0.326 e. The lowest BCUT2D eigenvalue weighted by atomic mass is 10.1. The van der Waals surface area contributed by atoms with Crippen LogP contribution in [0.4, 0.5) is 5.69 Å². The Labute approximate surface area is 136 Å². The molecule has 2 aromatic heterocycles. The fourth-order valence-electron chi connectivity index (χ4n) is 2.28. The van der Waals surface area contributed by atoms with Crippen molar-refractivity contribution in [2.24, 2.45) is 0 Å². The van der Waals surface area contributed by atoms with Crippen LogP contribution in [0.3, 0.4) is 0 Å². The predicted molar refractivity (Wildman–Crippen MR) is 86.7 cm³/mol. The average molecular weight is 332 g/mol. The second kappa shape index (κ2) is 6.21. The number of rotatable bonds is 4. The normalized spacial score (nSPS) is 10.9. The topological polar surface area (TPSA) is 92.2 Å². The summed E-state index contributed by atoms with van der Waals surface area (Å²) in [5.74, 6) is 0.141. The molecule has 0 aliphatic heterocycles. The Morgan fingerprint density at radius 2 is 2.09 bits per heavy atom. The van der Waals surface area contributed by atoms with Crippen LogP contribution in [0.1, 0.15) is 17.7 Å². The number of nitrogens with zero attached hydrogens (tertiary/aromatic N) is 3. The molecule has 0 radical (unpaired) electrons. The van der Waals surface area contributed by atoms with Gasteiger partial charge in [-0.15, -0.1) is 0 Å². The quantitative estimate of drug-likeness (QED) is 0.764. The molecule has 0 spiro atoms. The highest BCUT2D eigenvalue weighted by Crippen LogP contribution is 2.14. The number of hydrogen-bond acceptors (Lipinski definition) is 4. The minimum atomic E-state index is -0.232. The number of aromatic nitrogens is 4. The van der Waals surface area contributed by atoms with Crippen LogP contribution < -0.4 is 10.9 Å². The number of hydrogen-bond donors (Lipinski definition) is 2. The van der Waals surface area contributed by atoms with Gasteiger partial charge in [-0.25, -0.2) is 9.97 Å². The third-order valence-electron chi connectivity index (χ3n) is 3.46. The van der Waals surface area contributed by atoms with E-state index in [4.69, 9.17) is 11.6 Å². The zero-order valence-electron chi connectivity index (χ0n) is 12.3. The maximum Gasteiger partial charge on any atom is 0.277 e. The molecule has 3 rings (SSSR count). The van der Waals surface area contributed by atoms with Crippen molar-refractivity contribution >= 4 is 29.0 Å². The fraction of sp³-hybridized carbons (Fsp3) is 0.200. The molecule has 0 fully saturated rings.